The lowest BCUT2D eigenvalue weighted by Crippen LogP contribution is -2.14. The Bertz CT molecular complexity index is 764. The van der Waals surface area contributed by atoms with E-state index in [-0.39, 0.29) is 0 Å². The van der Waals surface area contributed by atoms with Crippen LogP contribution in [-0.4, -0.2) is 24.1 Å². The third-order valence-electron chi connectivity index (χ3n) is 3.54. The minimum absolute atomic E-state index is 0.818. The van der Waals surface area contributed by atoms with Crippen LogP contribution in [0.25, 0.3) is 5.69 Å². The van der Waals surface area contributed by atoms with Gasteiger partial charge in [0.05, 0.1) is 17.1 Å². The van der Waals surface area contributed by atoms with Crippen molar-refractivity contribution in [3.63, 3.8) is 0 Å². The van der Waals surface area contributed by atoms with Crippen molar-refractivity contribution >= 4 is 17.0 Å². The molecule has 0 saturated heterocycles. The van der Waals surface area contributed by atoms with Gasteiger partial charge in [0.15, 0.2) is 0 Å². The van der Waals surface area contributed by atoms with Crippen molar-refractivity contribution in [1.82, 2.24) is 19.6 Å². The van der Waals surface area contributed by atoms with Gasteiger partial charge in [0.1, 0.15) is 5.69 Å². The lowest BCUT2D eigenvalue weighted by molar-refractivity contribution is 0.644. The van der Waals surface area contributed by atoms with Crippen LogP contribution in [-0.2, 0) is 18.4 Å². The van der Waals surface area contributed by atoms with E-state index in [1.165, 1.54) is 0 Å². The predicted molar refractivity (Wildman–Crippen MR) is 88.1 cm³/mol. The molecule has 1 unspecified atom stereocenters. The molecule has 0 radical (unpaired) electrons. The van der Waals surface area contributed by atoms with Crippen molar-refractivity contribution in [1.29, 1.82) is 0 Å². The summed E-state index contributed by atoms with van der Waals surface area (Å²) in [6, 6.07) is 9.54. The van der Waals surface area contributed by atoms with Crippen molar-refractivity contribution in [2.24, 2.45) is 7.05 Å². The summed E-state index contributed by atoms with van der Waals surface area (Å²) in [4.78, 5) is 0.818. The van der Waals surface area contributed by atoms with Gasteiger partial charge in [-0.15, -0.1) is 0 Å². The largest absolute Gasteiger partial charge is 0.303 e. The van der Waals surface area contributed by atoms with Gasteiger partial charge in [0.25, 0.3) is 0 Å². The highest BCUT2D eigenvalue weighted by molar-refractivity contribution is 7.92. The van der Waals surface area contributed by atoms with Gasteiger partial charge in [0, 0.05) is 31.6 Å². The van der Waals surface area contributed by atoms with E-state index in [0.29, 0.717) is 0 Å². The van der Waals surface area contributed by atoms with Crippen LogP contribution in [0.3, 0.4) is 0 Å². The van der Waals surface area contributed by atoms with Crippen molar-refractivity contribution in [3.05, 3.63) is 54.1 Å². The smallest absolute Gasteiger partial charge is 0.270 e. The maximum absolute atomic E-state index is 10.4. The van der Waals surface area contributed by atoms with Gasteiger partial charge < -0.3 is 0 Å². The second-order valence-corrected chi connectivity index (χ2v) is 6.25. The van der Waals surface area contributed by atoms with Crippen molar-refractivity contribution < 1.29 is 4.55 Å². The summed E-state index contributed by atoms with van der Waals surface area (Å²) in [6.07, 6.45) is 3.62. The molecule has 0 fully saturated rings. The summed E-state index contributed by atoms with van der Waals surface area (Å²) in [7, 11) is 1.89. The molecule has 1 aromatic carbocycles. The monoisotopic (exact) mass is 316 g/mol. The van der Waals surface area contributed by atoms with Gasteiger partial charge in [-0.05, 0) is 32.0 Å². The Balaban J connectivity index is 1.79. The summed E-state index contributed by atoms with van der Waals surface area (Å²) in [5.41, 5.74) is 3.71. The molecule has 2 aromatic heterocycles. The molecular weight excluding hydrogens is 298 g/mol. The molecule has 0 aliphatic rings. The number of nitrogens with zero attached hydrogens (tertiary/aromatic N) is 4. The zero-order chi connectivity index (χ0) is 15.7. The molecule has 2 N–H and O–H groups in total. The molecule has 3 rings (SSSR count). The topological polar surface area (TPSA) is 67.9 Å². The van der Waals surface area contributed by atoms with Crippen LogP contribution < -0.4 is 4.72 Å². The van der Waals surface area contributed by atoms with Gasteiger partial charge >= 0.3 is 11.4 Å². The minimum Gasteiger partial charge on any atom is -0.270 e. The molecule has 114 valence electrons. The van der Waals surface area contributed by atoms with E-state index in [2.05, 4.69) is 14.9 Å². The van der Waals surface area contributed by atoms with Crippen LogP contribution >= 0.6 is 0 Å². The second-order valence-electron chi connectivity index (χ2n) is 5.00. The Kier molecular flexibility index (Phi) is 3.91. The maximum Gasteiger partial charge on any atom is 0.303 e. The quantitative estimate of drug-likeness (QED) is 0.726. The van der Waals surface area contributed by atoms with E-state index in [4.69, 9.17) is 0 Å². The first-order valence-corrected chi connectivity index (χ1v) is 8.04. The van der Waals surface area contributed by atoms with E-state index in [9.17, 15) is 4.55 Å². The maximum atomic E-state index is 10.4. The van der Waals surface area contributed by atoms with Crippen LogP contribution in [0.5, 0.6) is 0 Å². The van der Waals surface area contributed by atoms with Crippen LogP contribution in [0.2, 0.25) is 0 Å². The van der Waals surface area contributed by atoms with E-state index >= 15 is 0 Å². The fourth-order valence-corrected chi connectivity index (χ4v) is 3.23. The fraction of sp³-hybridized carbons (Fsp3) is 0.200. The summed E-state index contributed by atoms with van der Waals surface area (Å²) < 4.78 is 17.1. The fourth-order valence-electron chi connectivity index (χ4n) is 2.23. The molecule has 1 atom stereocenters. The molecule has 22 heavy (non-hydrogen) atoms. The van der Waals surface area contributed by atoms with Crippen molar-refractivity contribution in [2.45, 2.75) is 18.7 Å². The third kappa shape index (κ3) is 2.72. The Labute approximate surface area is 132 Å². The SMILES string of the molecule is Cc1nn(C)c(C)c1N[S+](O)c1ccc(-n2cccn2)cc1. The molecule has 2 heterocycles. The van der Waals surface area contributed by atoms with Crippen LogP contribution in [0.4, 0.5) is 5.69 Å². The standard InChI is InChI=1S/C15H18N5OS/c1-11-15(12(2)19(3)17-11)18-22(21)14-7-5-13(6-8-14)20-10-4-9-16-20/h4-10,18,21H,1-3H3/q+1. The lowest BCUT2D eigenvalue weighted by Gasteiger charge is -2.04. The van der Waals surface area contributed by atoms with Crippen molar-refractivity contribution in [2.75, 3.05) is 4.72 Å². The lowest BCUT2D eigenvalue weighted by atomic mass is 10.3. The van der Waals surface area contributed by atoms with E-state index in [1.807, 2.05) is 57.4 Å². The predicted octanol–water partition coefficient (Wildman–Crippen LogP) is 2.70. The van der Waals surface area contributed by atoms with Gasteiger partial charge in [-0.25, -0.2) is 4.68 Å². The molecular formula is C15H18N5OS+. The third-order valence-corrected chi connectivity index (χ3v) is 4.65. The first kappa shape index (κ1) is 14.7. The first-order valence-electron chi connectivity index (χ1n) is 6.86. The molecule has 0 aliphatic heterocycles. The molecule has 3 aromatic rings. The van der Waals surface area contributed by atoms with Crippen LogP contribution in [0.15, 0.2) is 47.6 Å². The molecule has 0 bridgehead atoms. The first-order chi connectivity index (χ1) is 10.6. The zero-order valence-corrected chi connectivity index (χ0v) is 13.5. The number of aromatic nitrogens is 4. The summed E-state index contributed by atoms with van der Waals surface area (Å²) >= 11 is -1.08. The highest BCUT2D eigenvalue weighted by Gasteiger charge is 2.24. The zero-order valence-electron chi connectivity index (χ0n) is 12.7. The van der Waals surface area contributed by atoms with Crippen LogP contribution in [0, 0.1) is 13.8 Å². The van der Waals surface area contributed by atoms with Gasteiger partial charge in [0.2, 0.25) is 4.90 Å². The number of nitrogens with one attached hydrogen (secondary N) is 1. The molecule has 0 amide bonds. The summed E-state index contributed by atoms with van der Waals surface area (Å²) in [5, 5.41) is 8.53. The van der Waals surface area contributed by atoms with Crippen LogP contribution in [0.1, 0.15) is 11.4 Å². The number of hydrogen-bond acceptors (Lipinski definition) is 4. The molecule has 7 heteroatoms. The Morgan fingerprint density at radius 3 is 2.45 bits per heavy atom. The molecule has 0 aliphatic carbocycles. The Hall–Kier alpha value is -2.25. The van der Waals surface area contributed by atoms with Gasteiger partial charge in [-0.2, -0.15) is 19.5 Å². The average molecular weight is 316 g/mol. The number of anilines is 1. The molecule has 0 spiro atoms. The number of rotatable bonds is 4. The highest BCUT2D eigenvalue weighted by Crippen LogP contribution is 2.23. The van der Waals surface area contributed by atoms with Crippen molar-refractivity contribution in [3.8, 4) is 5.69 Å². The molecule has 6 nitrogen and oxygen atoms in total. The Morgan fingerprint density at radius 2 is 1.91 bits per heavy atom. The van der Waals surface area contributed by atoms with E-state index in [1.54, 1.807) is 15.6 Å². The summed E-state index contributed by atoms with van der Waals surface area (Å²) in [6.45, 7) is 3.90. The summed E-state index contributed by atoms with van der Waals surface area (Å²) in [5.74, 6) is 0. The second kappa shape index (κ2) is 5.86. The minimum atomic E-state index is -1.08. The van der Waals surface area contributed by atoms with E-state index in [0.717, 1.165) is 27.7 Å². The number of aryl methyl sites for hydroxylation is 2. The van der Waals surface area contributed by atoms with E-state index < -0.39 is 11.4 Å². The van der Waals surface area contributed by atoms with Gasteiger partial charge in [-0.1, -0.05) is 0 Å². The normalized spacial score (nSPS) is 12.4. The molecule has 0 saturated carbocycles. The average Bonchev–Trinajstić information content (AvgIpc) is 3.12. The number of benzene rings is 1. The van der Waals surface area contributed by atoms with Gasteiger partial charge in [-0.3, -0.25) is 4.68 Å². The number of hydrogen-bond donors (Lipinski definition) is 2. The Morgan fingerprint density at radius 1 is 1.18 bits per heavy atom. The highest BCUT2D eigenvalue weighted by atomic mass is 32.2.